The second-order valence-electron chi connectivity index (χ2n) is 15.9. The molecule has 3 amide bonds. The molecule has 2 aromatic carbocycles. The van der Waals surface area contributed by atoms with Gasteiger partial charge in [-0.05, 0) is 74.1 Å². The highest BCUT2D eigenvalue weighted by atomic mass is 16.5. The number of fused-ring (bicyclic) bond motifs is 3. The zero-order valence-corrected chi connectivity index (χ0v) is 32.0. The Kier molecular flexibility index (Phi) is 8.37. The van der Waals surface area contributed by atoms with Crippen molar-refractivity contribution in [2.24, 2.45) is 19.1 Å². The zero-order valence-electron chi connectivity index (χ0n) is 32.0. The van der Waals surface area contributed by atoms with Crippen LogP contribution >= 0.6 is 0 Å². The number of imidazole rings is 1. The molecule has 4 N–H and O–H groups in total. The number of carbonyl (C=O) groups excluding carboxylic acids is 4. The largest absolute Gasteiger partial charge is 0.493 e. The zero-order chi connectivity index (χ0) is 39.8. The predicted octanol–water partition coefficient (Wildman–Crippen LogP) is 4.88. The summed E-state index contributed by atoms with van der Waals surface area (Å²) in [5, 5.41) is 6.88. The maximum atomic E-state index is 13.6. The van der Waals surface area contributed by atoms with E-state index >= 15 is 0 Å². The van der Waals surface area contributed by atoms with E-state index in [1.807, 2.05) is 42.1 Å². The highest BCUT2D eigenvalue weighted by Crippen LogP contribution is 2.68. The van der Waals surface area contributed by atoms with Gasteiger partial charge >= 0.3 is 0 Å². The molecule has 3 aliphatic carbocycles. The number of rotatable bonds is 11. The first kappa shape index (κ1) is 36.0. The van der Waals surface area contributed by atoms with E-state index in [0.717, 1.165) is 41.3 Å². The molecule has 57 heavy (non-hydrogen) atoms. The molecule has 2 bridgehead atoms. The number of ether oxygens (including phenoxy) is 2. The molecular formula is C42H43N9O6. The number of nitrogen functional groups attached to an aromatic ring is 1. The average Bonchev–Trinajstić information content (AvgIpc) is 3.92. The standard InChI is InChI=1S/C42H43N9O6/c1-24-12-28-17-44-30-16-34(33(56-4)15-29(30)39(54)51(28)18-24)57-11-5-6-36(52)45-35-20-49(3)37(46-35)38(53)47-42-21-41(22-42,23-42)26-14-32(48(2)19-26)40(55)50-10-9-25-13-27(43)7-8-31(25)50/h7-10,13-17,19-20,28H,1,5-6,11-12,18,21-23,43H2,2-4H3,(H,45,52)(H,47,53)/t28-,41?,42?/m0/s1. The minimum absolute atomic E-state index is 0.0908. The van der Waals surface area contributed by atoms with Crippen LogP contribution in [0.5, 0.6) is 11.5 Å². The number of aryl methyl sites for hydroxylation is 2. The number of benzene rings is 2. The van der Waals surface area contributed by atoms with Crippen LogP contribution in [-0.2, 0) is 24.3 Å². The maximum Gasteiger partial charge on any atom is 0.287 e. The fourth-order valence-electron chi connectivity index (χ4n) is 9.01. The van der Waals surface area contributed by atoms with Crippen molar-refractivity contribution in [1.82, 2.24) is 28.9 Å². The first-order valence-electron chi connectivity index (χ1n) is 18.9. The molecule has 2 aliphatic heterocycles. The summed E-state index contributed by atoms with van der Waals surface area (Å²) < 4.78 is 16.6. The van der Waals surface area contributed by atoms with E-state index in [9.17, 15) is 19.2 Å². The van der Waals surface area contributed by atoms with Gasteiger partial charge in [0.25, 0.3) is 17.7 Å². The molecule has 292 valence electrons. The highest BCUT2D eigenvalue weighted by molar-refractivity contribution is 6.04. The van der Waals surface area contributed by atoms with Crippen LogP contribution in [0.3, 0.4) is 0 Å². The third-order valence-electron chi connectivity index (χ3n) is 11.8. The fraction of sp³-hybridized carbons (Fsp3) is 0.333. The Bertz CT molecular complexity index is 2560. The van der Waals surface area contributed by atoms with E-state index in [1.165, 1.54) is 7.11 Å². The molecule has 15 nitrogen and oxygen atoms in total. The van der Waals surface area contributed by atoms with Gasteiger partial charge in [0.2, 0.25) is 11.7 Å². The van der Waals surface area contributed by atoms with Gasteiger partial charge in [-0.3, -0.25) is 28.7 Å². The van der Waals surface area contributed by atoms with Crippen molar-refractivity contribution in [3.63, 3.8) is 0 Å². The van der Waals surface area contributed by atoms with Crippen molar-refractivity contribution in [3.05, 3.63) is 95.9 Å². The quantitative estimate of drug-likeness (QED) is 0.0966. The Morgan fingerprint density at radius 1 is 1.04 bits per heavy atom. The number of hydrogen-bond acceptors (Lipinski definition) is 9. The van der Waals surface area contributed by atoms with Crippen LogP contribution in [0.2, 0.25) is 0 Å². The van der Waals surface area contributed by atoms with Crippen LogP contribution in [0, 0.1) is 0 Å². The Morgan fingerprint density at radius 3 is 2.63 bits per heavy atom. The van der Waals surface area contributed by atoms with E-state index in [4.69, 9.17) is 15.2 Å². The lowest BCUT2D eigenvalue weighted by Crippen LogP contribution is -2.76. The Morgan fingerprint density at radius 2 is 1.84 bits per heavy atom. The number of carbonyl (C=O) groups is 4. The average molecular weight is 770 g/mol. The van der Waals surface area contributed by atoms with Gasteiger partial charge in [-0.2, -0.15) is 0 Å². The second kappa shape index (κ2) is 13.2. The van der Waals surface area contributed by atoms with E-state index in [2.05, 4.69) is 27.2 Å². The molecule has 3 saturated carbocycles. The summed E-state index contributed by atoms with van der Waals surface area (Å²) in [5.74, 6) is 0.486. The molecule has 0 radical (unpaired) electrons. The van der Waals surface area contributed by atoms with Crippen LogP contribution < -0.4 is 25.8 Å². The molecule has 1 atom stereocenters. The molecule has 5 aromatic rings. The smallest absolute Gasteiger partial charge is 0.287 e. The summed E-state index contributed by atoms with van der Waals surface area (Å²) in [4.78, 5) is 63.8. The number of nitrogens with one attached hydrogen (secondary N) is 2. The number of amides is 3. The lowest BCUT2D eigenvalue weighted by atomic mass is 9.37. The molecule has 0 unspecified atom stereocenters. The normalized spacial score (nSPS) is 21.7. The van der Waals surface area contributed by atoms with Gasteiger partial charge in [0.05, 0.1) is 36.5 Å². The summed E-state index contributed by atoms with van der Waals surface area (Å²) in [5.41, 5.74) is 10.6. The Hall–Kier alpha value is -6.64. The summed E-state index contributed by atoms with van der Waals surface area (Å²) >= 11 is 0. The van der Waals surface area contributed by atoms with E-state index in [0.29, 0.717) is 53.5 Å². The fourth-order valence-corrected chi connectivity index (χ4v) is 9.01. The molecule has 4 fully saturated rings. The third kappa shape index (κ3) is 6.13. The first-order chi connectivity index (χ1) is 27.3. The predicted molar refractivity (Wildman–Crippen MR) is 214 cm³/mol. The molecule has 0 spiro atoms. The molecule has 15 heteroatoms. The Labute approximate surface area is 328 Å². The maximum absolute atomic E-state index is 13.6. The van der Waals surface area contributed by atoms with Crippen LogP contribution in [0.1, 0.15) is 75.6 Å². The van der Waals surface area contributed by atoms with Crippen molar-refractivity contribution in [2.75, 3.05) is 31.3 Å². The van der Waals surface area contributed by atoms with Crippen LogP contribution in [0.4, 0.5) is 17.2 Å². The SMILES string of the molecule is C=C1C[C@H]2C=Nc3cc(OCCCC(=O)Nc4cn(C)c(C(=O)NC56CC(c7cc(C(=O)n8ccc9cc(N)ccc98)n(C)c7)(C5)C6)n4)c(OC)cc3C(=O)N2C1. The van der Waals surface area contributed by atoms with Crippen LogP contribution in [0.25, 0.3) is 10.9 Å². The van der Waals surface area contributed by atoms with Crippen molar-refractivity contribution in [2.45, 2.75) is 55.5 Å². The van der Waals surface area contributed by atoms with Gasteiger partial charge in [-0.15, -0.1) is 0 Å². The Balaban J connectivity index is 0.765. The van der Waals surface area contributed by atoms with Crippen molar-refractivity contribution in [3.8, 4) is 11.5 Å². The van der Waals surface area contributed by atoms with Crippen LogP contribution in [0.15, 0.2) is 78.2 Å². The number of nitrogens with two attached hydrogens (primary N) is 1. The number of aromatic nitrogens is 4. The highest BCUT2D eigenvalue weighted by Gasteiger charge is 2.69. The number of hydrogen-bond donors (Lipinski definition) is 3. The lowest BCUT2D eigenvalue weighted by Gasteiger charge is -2.70. The number of anilines is 2. The second-order valence-corrected chi connectivity index (χ2v) is 15.9. The molecule has 1 saturated heterocycles. The summed E-state index contributed by atoms with van der Waals surface area (Å²) in [7, 11) is 5.10. The number of methoxy groups -OCH3 is 1. The van der Waals surface area contributed by atoms with E-state index < -0.39 is 0 Å². The van der Waals surface area contributed by atoms with Crippen molar-refractivity contribution >= 4 is 57.9 Å². The number of nitrogens with zero attached hydrogens (tertiary/aromatic N) is 6. The molecular weight excluding hydrogens is 727 g/mol. The van der Waals surface area contributed by atoms with E-state index in [1.54, 1.807) is 57.9 Å². The minimum atomic E-state index is -0.336. The van der Waals surface area contributed by atoms with Gasteiger partial charge < -0.3 is 39.9 Å². The number of aliphatic imine (C=N–C) groups is 1. The molecule has 10 rings (SSSR count). The molecule has 5 heterocycles. The summed E-state index contributed by atoms with van der Waals surface area (Å²) in [6.45, 7) is 4.74. The van der Waals surface area contributed by atoms with Gasteiger partial charge in [-0.25, -0.2) is 4.98 Å². The van der Waals surface area contributed by atoms with Crippen molar-refractivity contribution in [1.29, 1.82) is 0 Å². The summed E-state index contributed by atoms with van der Waals surface area (Å²) in [6.07, 6.45) is 10.7. The van der Waals surface area contributed by atoms with Gasteiger partial charge in [0.1, 0.15) is 5.69 Å². The van der Waals surface area contributed by atoms with Gasteiger partial charge in [-0.1, -0.05) is 12.2 Å². The first-order valence-corrected chi connectivity index (χ1v) is 18.9. The minimum Gasteiger partial charge on any atom is -0.493 e. The van der Waals surface area contributed by atoms with E-state index in [-0.39, 0.29) is 65.3 Å². The van der Waals surface area contributed by atoms with Gasteiger partial charge in [0.15, 0.2) is 17.3 Å². The van der Waals surface area contributed by atoms with Crippen LogP contribution in [-0.4, -0.2) is 85.3 Å². The lowest BCUT2D eigenvalue weighted by molar-refractivity contribution is -0.116. The summed E-state index contributed by atoms with van der Waals surface area (Å²) in [6, 6.07) is 12.6. The van der Waals surface area contributed by atoms with Gasteiger partial charge in [0, 0.05) is 80.0 Å². The molecule has 3 aromatic heterocycles. The monoisotopic (exact) mass is 769 g/mol. The third-order valence-corrected chi connectivity index (χ3v) is 11.8. The topological polar surface area (TPSA) is 180 Å². The molecule has 5 aliphatic rings. The van der Waals surface area contributed by atoms with Crippen molar-refractivity contribution < 1.29 is 28.7 Å².